The first-order valence-corrected chi connectivity index (χ1v) is 13.7. The van der Waals surface area contributed by atoms with E-state index in [-0.39, 0.29) is 17.4 Å². The zero-order valence-electron chi connectivity index (χ0n) is 22.5. The SMILES string of the molecule is CN(C)C(=O)C(Cc1cscn1)CN1CCC2(CC1)OCc1ccccc12.O=C(O)CC(O)(CC(=O)O)C(=O)O. The Bertz CT molecular complexity index is 1180. The second-order valence-electron chi connectivity index (χ2n) is 10.3. The molecule has 2 aliphatic heterocycles. The van der Waals surface area contributed by atoms with Crippen LogP contribution in [0.25, 0.3) is 0 Å². The number of amides is 1. The number of benzene rings is 1. The number of nitrogens with zero attached hydrogens (tertiary/aromatic N) is 3. The third-order valence-electron chi connectivity index (χ3n) is 7.17. The lowest BCUT2D eigenvalue weighted by Gasteiger charge is -2.40. The highest BCUT2D eigenvalue weighted by molar-refractivity contribution is 7.07. The first kappa shape index (κ1) is 31.1. The highest BCUT2D eigenvalue weighted by Gasteiger charge is 2.43. The minimum atomic E-state index is -2.74. The van der Waals surface area contributed by atoms with E-state index in [1.54, 1.807) is 16.2 Å². The molecule has 0 aliphatic carbocycles. The Kier molecular flexibility index (Phi) is 10.4. The van der Waals surface area contributed by atoms with Crippen molar-refractivity contribution in [1.82, 2.24) is 14.8 Å². The number of thiazole rings is 1. The summed E-state index contributed by atoms with van der Waals surface area (Å²) in [5, 5.41) is 35.9. The highest BCUT2D eigenvalue weighted by atomic mass is 32.1. The largest absolute Gasteiger partial charge is 0.481 e. The smallest absolute Gasteiger partial charge is 0.336 e. The molecule has 1 fully saturated rings. The predicted molar refractivity (Wildman–Crippen MR) is 144 cm³/mol. The van der Waals surface area contributed by atoms with Gasteiger partial charge in [0.25, 0.3) is 0 Å². The van der Waals surface area contributed by atoms with Crippen molar-refractivity contribution in [3.05, 3.63) is 52.0 Å². The maximum atomic E-state index is 12.7. The molecule has 12 nitrogen and oxygen atoms in total. The van der Waals surface area contributed by atoms with Crippen molar-refractivity contribution < 1.29 is 44.3 Å². The summed E-state index contributed by atoms with van der Waals surface area (Å²) in [7, 11) is 3.68. The summed E-state index contributed by atoms with van der Waals surface area (Å²) >= 11 is 1.59. The molecule has 13 heteroatoms. The molecular weight excluding hydrogens is 542 g/mol. The number of hydrogen-bond donors (Lipinski definition) is 4. The Hall–Kier alpha value is -3.39. The molecule has 4 N–H and O–H groups in total. The van der Waals surface area contributed by atoms with Crippen LogP contribution >= 0.6 is 11.3 Å². The molecule has 1 aromatic carbocycles. The van der Waals surface area contributed by atoms with E-state index in [4.69, 9.17) is 25.2 Å². The molecule has 218 valence electrons. The van der Waals surface area contributed by atoms with Crippen molar-refractivity contribution in [2.45, 2.75) is 49.9 Å². The quantitative estimate of drug-likeness (QED) is 0.323. The average Bonchev–Trinajstić information content (AvgIpc) is 3.52. The lowest BCUT2D eigenvalue weighted by molar-refractivity contribution is -0.170. The lowest BCUT2D eigenvalue weighted by atomic mass is 9.83. The number of aliphatic hydroxyl groups is 1. The molecule has 3 heterocycles. The van der Waals surface area contributed by atoms with Crippen LogP contribution in [-0.4, -0.2) is 98.4 Å². The average molecular weight is 578 g/mol. The monoisotopic (exact) mass is 577 g/mol. The van der Waals surface area contributed by atoms with Crippen molar-refractivity contribution in [2.75, 3.05) is 33.7 Å². The molecule has 2 aromatic rings. The topological polar surface area (TPSA) is 178 Å². The van der Waals surface area contributed by atoms with Gasteiger partial charge in [0.15, 0.2) is 5.60 Å². The number of rotatable bonds is 10. The Balaban J connectivity index is 0.000000289. The summed E-state index contributed by atoms with van der Waals surface area (Å²) in [6.45, 7) is 3.43. The third kappa shape index (κ3) is 7.84. The predicted octanol–water partition coefficient (Wildman–Crippen LogP) is 1.66. The standard InChI is InChI=1S/C21H27N3O2S.C6H8O7/c1-23(2)20(25)17(11-18-14-27-15-22-18)12-24-9-7-21(8-10-24)19-6-4-3-5-16(19)13-26-21;7-3(8)1-6(13,5(11)12)2-4(9)10/h3-6,14-15,17H,7-13H2,1-2H3;13H,1-2H2,(H,7,8)(H,9,10)(H,11,12). The van der Waals surface area contributed by atoms with Gasteiger partial charge in [0.2, 0.25) is 5.91 Å². The lowest BCUT2D eigenvalue weighted by Crippen LogP contribution is -2.46. The number of carboxylic acids is 3. The van der Waals surface area contributed by atoms with Crippen molar-refractivity contribution in [1.29, 1.82) is 0 Å². The van der Waals surface area contributed by atoms with Gasteiger partial charge in [-0.15, -0.1) is 11.3 Å². The summed E-state index contributed by atoms with van der Waals surface area (Å²) in [6, 6.07) is 8.60. The molecular formula is C27H35N3O9S. The van der Waals surface area contributed by atoms with Gasteiger partial charge in [-0.3, -0.25) is 14.4 Å². The van der Waals surface area contributed by atoms with E-state index in [1.165, 1.54) is 11.1 Å². The van der Waals surface area contributed by atoms with Crippen LogP contribution < -0.4 is 0 Å². The first-order chi connectivity index (χ1) is 18.8. The van der Waals surface area contributed by atoms with Gasteiger partial charge in [-0.2, -0.15) is 0 Å². The Morgan fingerprint density at radius 3 is 2.25 bits per heavy atom. The second kappa shape index (κ2) is 13.3. The van der Waals surface area contributed by atoms with E-state index < -0.39 is 36.4 Å². The van der Waals surface area contributed by atoms with Gasteiger partial charge in [-0.25, -0.2) is 9.78 Å². The van der Waals surface area contributed by atoms with Crippen LogP contribution in [0.3, 0.4) is 0 Å². The van der Waals surface area contributed by atoms with E-state index >= 15 is 0 Å². The zero-order chi connectivity index (χ0) is 29.5. The molecule has 1 spiro atoms. The van der Waals surface area contributed by atoms with Crippen molar-refractivity contribution in [2.24, 2.45) is 5.92 Å². The zero-order valence-corrected chi connectivity index (χ0v) is 23.3. The number of carboxylic acid groups (broad SMARTS) is 3. The first-order valence-electron chi connectivity index (χ1n) is 12.8. The number of fused-ring (bicyclic) bond motifs is 2. The number of ether oxygens (including phenoxy) is 1. The van der Waals surface area contributed by atoms with Crippen LogP contribution in [-0.2, 0) is 42.5 Å². The van der Waals surface area contributed by atoms with E-state index in [9.17, 15) is 19.2 Å². The van der Waals surface area contributed by atoms with Gasteiger partial charge in [0, 0.05) is 45.5 Å². The fraction of sp³-hybridized carbons (Fsp3) is 0.519. The Morgan fingerprint density at radius 2 is 1.73 bits per heavy atom. The molecule has 1 amide bonds. The normalized spacial score (nSPS) is 16.9. The summed E-state index contributed by atoms with van der Waals surface area (Å²) < 4.78 is 6.27. The van der Waals surface area contributed by atoms with Gasteiger partial charge in [-0.1, -0.05) is 24.3 Å². The molecule has 0 radical (unpaired) electrons. The number of carbonyl (C=O) groups excluding carboxylic acids is 1. The number of likely N-dealkylation sites (tertiary alicyclic amines) is 1. The summed E-state index contributed by atoms with van der Waals surface area (Å²) in [5.41, 5.74) is 2.69. The third-order valence-corrected chi connectivity index (χ3v) is 7.80. The molecule has 40 heavy (non-hydrogen) atoms. The second-order valence-corrected chi connectivity index (χ2v) is 11.1. The maximum Gasteiger partial charge on any atom is 0.336 e. The van der Waals surface area contributed by atoms with Gasteiger partial charge in [0.1, 0.15) is 0 Å². The van der Waals surface area contributed by atoms with Crippen LogP contribution in [0.2, 0.25) is 0 Å². The fourth-order valence-electron chi connectivity index (χ4n) is 5.11. The van der Waals surface area contributed by atoms with Crippen LogP contribution in [0.4, 0.5) is 0 Å². The Morgan fingerprint density at radius 1 is 1.10 bits per heavy atom. The summed E-state index contributed by atoms with van der Waals surface area (Å²) in [4.78, 5) is 51.7. The molecule has 2 aliphatic rings. The summed E-state index contributed by atoms with van der Waals surface area (Å²) in [6.07, 6.45) is 0.401. The number of piperidine rings is 1. The van der Waals surface area contributed by atoms with Crippen LogP contribution in [0, 0.1) is 5.92 Å². The molecule has 0 bridgehead atoms. The number of aromatic nitrogens is 1. The molecule has 1 atom stereocenters. The fourth-order valence-corrected chi connectivity index (χ4v) is 5.68. The van der Waals surface area contributed by atoms with E-state index in [1.807, 2.05) is 25.0 Å². The molecule has 4 rings (SSSR count). The minimum Gasteiger partial charge on any atom is -0.481 e. The Labute approximate surface area is 235 Å². The van der Waals surface area contributed by atoms with Crippen LogP contribution in [0.15, 0.2) is 35.2 Å². The van der Waals surface area contributed by atoms with Crippen molar-refractivity contribution in [3.63, 3.8) is 0 Å². The minimum absolute atomic E-state index is 0.0482. The van der Waals surface area contributed by atoms with Gasteiger partial charge >= 0.3 is 17.9 Å². The van der Waals surface area contributed by atoms with Gasteiger partial charge in [0.05, 0.1) is 42.2 Å². The van der Waals surface area contributed by atoms with E-state index in [2.05, 4.69) is 34.1 Å². The molecule has 1 unspecified atom stereocenters. The van der Waals surface area contributed by atoms with Gasteiger partial charge < -0.3 is 35.0 Å². The number of hydrogen-bond acceptors (Lipinski definition) is 9. The molecule has 1 saturated heterocycles. The molecule has 0 saturated carbocycles. The summed E-state index contributed by atoms with van der Waals surface area (Å²) in [5.74, 6) is -4.88. The van der Waals surface area contributed by atoms with Crippen LogP contribution in [0.1, 0.15) is 42.5 Å². The number of aliphatic carboxylic acids is 3. The van der Waals surface area contributed by atoms with Crippen molar-refractivity contribution >= 4 is 35.2 Å². The van der Waals surface area contributed by atoms with E-state index in [0.717, 1.165) is 44.8 Å². The molecule has 1 aromatic heterocycles. The maximum absolute atomic E-state index is 12.7. The van der Waals surface area contributed by atoms with E-state index in [0.29, 0.717) is 6.42 Å². The van der Waals surface area contributed by atoms with Crippen molar-refractivity contribution in [3.8, 4) is 0 Å². The van der Waals surface area contributed by atoms with Gasteiger partial charge in [-0.05, 0) is 24.0 Å². The van der Waals surface area contributed by atoms with Crippen LogP contribution in [0.5, 0.6) is 0 Å². The number of carbonyl (C=O) groups is 4. The highest BCUT2D eigenvalue weighted by Crippen LogP contribution is 2.44.